The maximum atomic E-state index is 12.0. The van der Waals surface area contributed by atoms with Gasteiger partial charge in [-0.3, -0.25) is 14.9 Å². The quantitative estimate of drug-likeness (QED) is 0.371. The van der Waals surface area contributed by atoms with E-state index in [1.54, 1.807) is 30.3 Å². The molecule has 0 fully saturated rings. The van der Waals surface area contributed by atoms with Gasteiger partial charge in [-0.15, -0.1) is 0 Å². The van der Waals surface area contributed by atoms with Crippen LogP contribution >= 0.6 is 23.2 Å². The lowest BCUT2D eigenvalue weighted by Crippen LogP contribution is -2.17. The van der Waals surface area contributed by atoms with Gasteiger partial charge in [0, 0.05) is 28.3 Å². The Balaban J connectivity index is 1.65. The number of rotatable bonds is 5. The average molecular weight is 404 g/mol. The second-order valence-electron chi connectivity index (χ2n) is 5.33. The Morgan fingerprint density at radius 2 is 1.85 bits per heavy atom. The number of furan rings is 1. The first-order valence-corrected chi connectivity index (χ1v) is 8.33. The van der Waals surface area contributed by atoms with Crippen LogP contribution in [0.15, 0.2) is 64.1 Å². The third-order valence-electron chi connectivity index (χ3n) is 3.52. The first-order chi connectivity index (χ1) is 12.9. The van der Waals surface area contributed by atoms with Crippen LogP contribution < -0.4 is 5.43 Å². The summed E-state index contributed by atoms with van der Waals surface area (Å²) in [6.45, 7) is 0. The topological polar surface area (TPSA) is 97.7 Å². The average Bonchev–Trinajstić information content (AvgIpc) is 3.10. The van der Waals surface area contributed by atoms with Crippen LogP contribution in [0.25, 0.3) is 11.3 Å². The molecule has 1 N–H and O–H groups in total. The van der Waals surface area contributed by atoms with Gasteiger partial charge in [-0.25, -0.2) is 5.43 Å². The van der Waals surface area contributed by atoms with Gasteiger partial charge in [0.1, 0.15) is 11.5 Å². The van der Waals surface area contributed by atoms with Crippen molar-refractivity contribution in [2.45, 2.75) is 0 Å². The van der Waals surface area contributed by atoms with Crippen molar-refractivity contribution in [3.8, 4) is 11.3 Å². The summed E-state index contributed by atoms with van der Waals surface area (Å²) in [5.41, 5.74) is 3.14. The minimum atomic E-state index is -0.540. The molecular weight excluding hydrogens is 393 g/mol. The van der Waals surface area contributed by atoms with Gasteiger partial charge in [0.25, 0.3) is 11.6 Å². The highest BCUT2D eigenvalue weighted by Gasteiger charge is 2.10. The minimum absolute atomic E-state index is 0.0981. The molecule has 1 heterocycles. The number of hydrazone groups is 1. The highest BCUT2D eigenvalue weighted by Crippen LogP contribution is 2.31. The van der Waals surface area contributed by atoms with Gasteiger partial charge < -0.3 is 4.42 Å². The number of nitrogens with zero attached hydrogens (tertiary/aromatic N) is 2. The number of halogens is 2. The highest BCUT2D eigenvalue weighted by molar-refractivity contribution is 6.36. The van der Waals surface area contributed by atoms with Crippen LogP contribution in [0.3, 0.4) is 0 Å². The second-order valence-corrected chi connectivity index (χ2v) is 6.17. The Labute approximate surface area is 163 Å². The zero-order chi connectivity index (χ0) is 19.4. The maximum absolute atomic E-state index is 12.0. The molecular formula is C18H11Cl2N3O4. The van der Waals surface area contributed by atoms with Crippen LogP contribution in [-0.4, -0.2) is 17.0 Å². The normalized spacial score (nSPS) is 10.9. The lowest BCUT2D eigenvalue weighted by molar-refractivity contribution is -0.384. The van der Waals surface area contributed by atoms with Crippen LogP contribution in [0.4, 0.5) is 5.69 Å². The largest absolute Gasteiger partial charge is 0.455 e. The molecule has 9 heteroatoms. The number of nitrogens with one attached hydrogen (secondary N) is 1. The van der Waals surface area contributed by atoms with Crippen molar-refractivity contribution < 1.29 is 14.1 Å². The monoisotopic (exact) mass is 403 g/mol. The van der Waals surface area contributed by atoms with Crippen molar-refractivity contribution in [1.82, 2.24) is 5.43 Å². The fourth-order valence-electron chi connectivity index (χ4n) is 2.21. The molecule has 0 unspecified atom stereocenters. The number of nitro benzene ring substituents is 1. The Kier molecular flexibility index (Phi) is 5.54. The molecule has 0 aliphatic rings. The molecule has 1 amide bonds. The fraction of sp³-hybridized carbons (Fsp3) is 0. The molecule has 0 atom stereocenters. The molecule has 0 saturated heterocycles. The molecule has 0 aliphatic heterocycles. The minimum Gasteiger partial charge on any atom is -0.455 e. The van der Waals surface area contributed by atoms with E-state index in [1.807, 2.05) is 0 Å². The molecule has 7 nitrogen and oxygen atoms in total. The van der Waals surface area contributed by atoms with Gasteiger partial charge in [-0.2, -0.15) is 5.10 Å². The molecule has 27 heavy (non-hydrogen) atoms. The molecule has 2 aromatic carbocycles. The van der Waals surface area contributed by atoms with E-state index in [-0.39, 0.29) is 11.3 Å². The highest BCUT2D eigenvalue weighted by atomic mass is 35.5. The van der Waals surface area contributed by atoms with Crippen molar-refractivity contribution >= 4 is 41.0 Å². The summed E-state index contributed by atoms with van der Waals surface area (Å²) in [6, 6.07) is 13.6. The van der Waals surface area contributed by atoms with Crippen LogP contribution in [0.1, 0.15) is 16.1 Å². The van der Waals surface area contributed by atoms with E-state index in [9.17, 15) is 14.9 Å². The summed E-state index contributed by atoms with van der Waals surface area (Å²) in [5.74, 6) is 0.425. The SMILES string of the molecule is O=C(N/N=C/c1ccc(-c2ccc(Cl)cc2Cl)o1)c1ccc([N+](=O)[O-])cc1. The maximum Gasteiger partial charge on any atom is 0.271 e. The van der Waals surface area contributed by atoms with Crippen molar-refractivity contribution in [3.05, 3.63) is 86.1 Å². The smallest absolute Gasteiger partial charge is 0.271 e. The fourth-order valence-corrected chi connectivity index (χ4v) is 2.71. The zero-order valence-electron chi connectivity index (χ0n) is 13.6. The molecule has 0 radical (unpaired) electrons. The van der Waals surface area contributed by atoms with E-state index in [2.05, 4.69) is 10.5 Å². The first-order valence-electron chi connectivity index (χ1n) is 7.57. The predicted octanol–water partition coefficient (Wildman–Crippen LogP) is 4.93. The lowest BCUT2D eigenvalue weighted by atomic mass is 10.2. The number of hydrogen-bond acceptors (Lipinski definition) is 5. The predicted molar refractivity (Wildman–Crippen MR) is 102 cm³/mol. The number of non-ortho nitro benzene ring substituents is 1. The van der Waals surface area contributed by atoms with E-state index in [0.717, 1.165) is 0 Å². The second kappa shape index (κ2) is 8.03. The lowest BCUT2D eigenvalue weighted by Gasteiger charge is -2.01. The van der Waals surface area contributed by atoms with Crippen molar-refractivity contribution in [1.29, 1.82) is 0 Å². The molecule has 3 aromatic rings. The third-order valence-corrected chi connectivity index (χ3v) is 4.07. The van der Waals surface area contributed by atoms with Gasteiger partial charge in [0.2, 0.25) is 0 Å². The molecule has 0 spiro atoms. The van der Waals surface area contributed by atoms with Gasteiger partial charge in [-0.05, 0) is 42.5 Å². The van der Waals surface area contributed by atoms with Gasteiger partial charge >= 0.3 is 0 Å². The zero-order valence-corrected chi connectivity index (χ0v) is 15.1. The Morgan fingerprint density at radius 1 is 1.11 bits per heavy atom. The van der Waals surface area contributed by atoms with E-state index < -0.39 is 10.8 Å². The van der Waals surface area contributed by atoms with Gasteiger partial charge in [0.05, 0.1) is 16.2 Å². The summed E-state index contributed by atoms with van der Waals surface area (Å²) < 4.78 is 5.62. The molecule has 0 aliphatic carbocycles. The summed E-state index contributed by atoms with van der Waals surface area (Å²) in [6.07, 6.45) is 1.33. The standard InChI is InChI=1S/C18H11Cl2N3O4/c19-12-3-7-15(16(20)9-12)17-8-6-14(27-17)10-21-22-18(24)11-1-4-13(5-2-11)23(25)26/h1-10H,(H,22,24)/b21-10+. The van der Waals surface area contributed by atoms with Crippen LogP contribution in [0.2, 0.25) is 10.0 Å². The summed E-state index contributed by atoms with van der Waals surface area (Å²) in [4.78, 5) is 22.0. The third kappa shape index (κ3) is 4.52. The molecule has 0 bridgehead atoms. The Hall–Kier alpha value is -3.16. The summed E-state index contributed by atoms with van der Waals surface area (Å²) in [7, 11) is 0. The number of carbonyl (C=O) groups excluding carboxylic acids is 1. The van der Waals surface area contributed by atoms with Gasteiger partial charge in [-0.1, -0.05) is 23.2 Å². The number of carbonyl (C=O) groups is 1. The van der Waals surface area contributed by atoms with E-state index in [0.29, 0.717) is 27.1 Å². The van der Waals surface area contributed by atoms with Crippen molar-refractivity contribution in [2.24, 2.45) is 5.10 Å². The van der Waals surface area contributed by atoms with Gasteiger partial charge in [0.15, 0.2) is 0 Å². The first kappa shape index (κ1) is 18.6. The van der Waals surface area contributed by atoms with Crippen LogP contribution in [0, 0.1) is 10.1 Å². The Morgan fingerprint density at radius 3 is 2.52 bits per heavy atom. The molecule has 3 rings (SSSR count). The summed E-state index contributed by atoms with van der Waals surface area (Å²) in [5, 5.41) is 15.4. The van der Waals surface area contributed by atoms with E-state index >= 15 is 0 Å². The number of hydrogen-bond donors (Lipinski definition) is 1. The number of benzene rings is 2. The number of amides is 1. The van der Waals surface area contributed by atoms with Crippen LogP contribution in [-0.2, 0) is 0 Å². The molecule has 0 saturated carbocycles. The Bertz CT molecular complexity index is 1030. The van der Waals surface area contributed by atoms with Crippen LogP contribution in [0.5, 0.6) is 0 Å². The van der Waals surface area contributed by atoms with E-state index in [4.69, 9.17) is 27.6 Å². The molecule has 136 valence electrons. The van der Waals surface area contributed by atoms with E-state index in [1.165, 1.54) is 30.5 Å². The molecule has 1 aromatic heterocycles. The van der Waals surface area contributed by atoms with Crippen molar-refractivity contribution in [3.63, 3.8) is 0 Å². The van der Waals surface area contributed by atoms with Crippen molar-refractivity contribution in [2.75, 3.05) is 0 Å². The summed E-state index contributed by atoms with van der Waals surface area (Å²) >= 11 is 12.0. The number of nitro groups is 1.